The molecule has 0 radical (unpaired) electrons. The summed E-state index contributed by atoms with van der Waals surface area (Å²) in [4.78, 5) is 0. The van der Waals surface area contributed by atoms with Crippen LogP contribution in [0.1, 0.15) is 34.2 Å². The quantitative estimate of drug-likeness (QED) is 0.605. The van der Waals surface area contributed by atoms with E-state index in [1.165, 1.54) is 0 Å². The molecule has 0 saturated heterocycles. The fraction of sp³-hybridized carbons (Fsp3) is 0.429. The predicted molar refractivity (Wildman–Crippen MR) is 99.0 cm³/mol. The fourth-order valence-corrected chi connectivity index (χ4v) is 2.93. The summed E-state index contributed by atoms with van der Waals surface area (Å²) in [5.41, 5.74) is 4.25. The molecule has 28 heavy (non-hydrogen) atoms. The summed E-state index contributed by atoms with van der Waals surface area (Å²) in [5, 5.41) is 27.6. The minimum atomic E-state index is -4.70. The number of ether oxygens (including phenoxy) is 1. The van der Waals surface area contributed by atoms with Gasteiger partial charge in [0.05, 0.1) is 13.2 Å². The maximum atomic E-state index is 12.3. The van der Waals surface area contributed by atoms with Crippen molar-refractivity contribution in [3.05, 3.63) is 64.2 Å². The Hall–Kier alpha value is -2.09. The van der Waals surface area contributed by atoms with Crippen molar-refractivity contribution in [2.45, 2.75) is 51.7 Å². The number of rotatable bonds is 9. The Morgan fingerprint density at radius 3 is 2.11 bits per heavy atom. The molecule has 0 saturated carbocycles. The van der Waals surface area contributed by atoms with Crippen molar-refractivity contribution in [1.29, 1.82) is 0 Å². The van der Waals surface area contributed by atoms with Gasteiger partial charge in [-0.25, -0.2) is 0 Å². The molecule has 3 N–H and O–H groups in total. The topological polar surface area (TPSA) is 69.9 Å². The molecule has 7 heteroatoms. The van der Waals surface area contributed by atoms with E-state index in [1.807, 2.05) is 24.3 Å². The molecular formula is C21H25F3O4. The van der Waals surface area contributed by atoms with Gasteiger partial charge in [-0.1, -0.05) is 30.3 Å². The van der Waals surface area contributed by atoms with E-state index in [4.69, 9.17) is 9.84 Å². The number of benzene rings is 2. The van der Waals surface area contributed by atoms with E-state index in [9.17, 15) is 23.4 Å². The van der Waals surface area contributed by atoms with E-state index in [0.717, 1.165) is 36.0 Å². The zero-order valence-corrected chi connectivity index (χ0v) is 15.7. The third kappa shape index (κ3) is 6.22. The smallest absolute Gasteiger partial charge is 0.417 e. The summed E-state index contributed by atoms with van der Waals surface area (Å²) in [7, 11) is 0. The summed E-state index contributed by atoms with van der Waals surface area (Å²) < 4.78 is 42.1. The van der Waals surface area contributed by atoms with Crippen molar-refractivity contribution in [2.24, 2.45) is 0 Å². The number of alkyl halides is 3. The molecule has 1 atom stereocenters. The van der Waals surface area contributed by atoms with Crippen molar-refractivity contribution >= 4 is 0 Å². The number of aliphatic hydroxyl groups excluding tert-OH is 3. The van der Waals surface area contributed by atoms with Gasteiger partial charge in [0.15, 0.2) is 6.10 Å². The van der Waals surface area contributed by atoms with Gasteiger partial charge >= 0.3 is 6.18 Å². The number of hydrogen-bond donors (Lipinski definition) is 3. The zero-order chi connectivity index (χ0) is 20.7. The van der Waals surface area contributed by atoms with Crippen LogP contribution in [0.15, 0.2) is 36.4 Å². The minimum absolute atomic E-state index is 0.107. The highest BCUT2D eigenvalue weighted by molar-refractivity contribution is 5.36. The average Bonchev–Trinajstić information content (AvgIpc) is 2.66. The molecule has 0 aliphatic carbocycles. The van der Waals surface area contributed by atoms with Gasteiger partial charge < -0.3 is 20.1 Å². The second kappa shape index (κ2) is 9.91. The van der Waals surface area contributed by atoms with E-state index in [0.29, 0.717) is 16.9 Å². The Bertz CT molecular complexity index is 775. The van der Waals surface area contributed by atoms with Gasteiger partial charge in [-0.15, -0.1) is 0 Å². The van der Waals surface area contributed by atoms with E-state index in [1.54, 1.807) is 19.1 Å². The molecule has 0 spiro atoms. The molecule has 0 aromatic heterocycles. The largest absolute Gasteiger partial charge is 0.490 e. The van der Waals surface area contributed by atoms with Crippen molar-refractivity contribution in [3.63, 3.8) is 0 Å². The highest BCUT2D eigenvalue weighted by Gasteiger charge is 2.38. The Morgan fingerprint density at radius 1 is 0.929 bits per heavy atom. The molecule has 0 amide bonds. The first-order chi connectivity index (χ1) is 13.2. The number of aliphatic hydroxyl groups is 3. The van der Waals surface area contributed by atoms with E-state index in [-0.39, 0.29) is 13.2 Å². The molecule has 4 nitrogen and oxygen atoms in total. The van der Waals surface area contributed by atoms with E-state index in [2.05, 4.69) is 0 Å². The van der Waals surface area contributed by atoms with Crippen LogP contribution in [0.25, 0.3) is 0 Å². The van der Waals surface area contributed by atoms with Gasteiger partial charge in [0.2, 0.25) is 0 Å². The van der Waals surface area contributed by atoms with Gasteiger partial charge in [-0.2, -0.15) is 13.2 Å². The Morgan fingerprint density at radius 2 is 1.54 bits per heavy atom. The highest BCUT2D eigenvalue weighted by atomic mass is 19.4. The molecule has 2 aromatic carbocycles. The first-order valence-electron chi connectivity index (χ1n) is 9.04. The SMILES string of the molecule is Cc1cc(CCCc2ccc(CO)c(CO)c2)ccc1OCC(O)C(F)(F)F. The van der Waals surface area contributed by atoms with Gasteiger partial charge in [-0.05, 0) is 60.1 Å². The maximum absolute atomic E-state index is 12.3. The van der Waals surface area contributed by atoms with Gasteiger partial charge in [0, 0.05) is 0 Å². The van der Waals surface area contributed by atoms with Crippen LogP contribution in [-0.2, 0) is 26.1 Å². The highest BCUT2D eigenvalue weighted by Crippen LogP contribution is 2.24. The predicted octanol–water partition coefficient (Wildman–Crippen LogP) is 3.46. The molecule has 154 valence electrons. The average molecular weight is 398 g/mol. The molecular weight excluding hydrogens is 373 g/mol. The zero-order valence-electron chi connectivity index (χ0n) is 15.7. The normalized spacial score (nSPS) is 12.8. The second-order valence-electron chi connectivity index (χ2n) is 6.74. The first kappa shape index (κ1) is 22.2. The van der Waals surface area contributed by atoms with Gasteiger partial charge in [0.25, 0.3) is 0 Å². The van der Waals surface area contributed by atoms with Crippen molar-refractivity contribution in [2.75, 3.05) is 6.61 Å². The molecule has 2 rings (SSSR count). The maximum Gasteiger partial charge on any atom is 0.417 e. The van der Waals surface area contributed by atoms with E-state index >= 15 is 0 Å². The van der Waals surface area contributed by atoms with Crippen molar-refractivity contribution in [1.82, 2.24) is 0 Å². The minimum Gasteiger partial charge on any atom is -0.490 e. The number of hydrogen-bond acceptors (Lipinski definition) is 4. The molecule has 0 bridgehead atoms. The van der Waals surface area contributed by atoms with Gasteiger partial charge in [-0.3, -0.25) is 0 Å². The Kier molecular flexibility index (Phi) is 7.86. The second-order valence-corrected chi connectivity index (χ2v) is 6.74. The molecule has 0 aliphatic rings. The van der Waals surface area contributed by atoms with Crippen LogP contribution < -0.4 is 4.74 Å². The van der Waals surface area contributed by atoms with Crippen LogP contribution >= 0.6 is 0 Å². The van der Waals surface area contributed by atoms with Crippen LogP contribution in [0, 0.1) is 6.92 Å². The third-order valence-corrected chi connectivity index (χ3v) is 4.56. The lowest BCUT2D eigenvalue weighted by molar-refractivity contribution is -0.210. The summed E-state index contributed by atoms with van der Waals surface area (Å²) in [5.74, 6) is 0.319. The standard InChI is InChI=1S/C21H25F3O4/c1-14-9-15(6-8-19(14)28-13-20(27)21(22,23)24)3-2-4-16-5-7-17(11-25)18(10-16)12-26/h5-10,20,25-27H,2-4,11-13H2,1H3. The van der Waals surface area contributed by atoms with Crippen LogP contribution in [0.5, 0.6) is 5.75 Å². The summed E-state index contributed by atoms with van der Waals surface area (Å²) >= 11 is 0. The third-order valence-electron chi connectivity index (χ3n) is 4.56. The van der Waals surface area contributed by atoms with Crippen LogP contribution in [-0.4, -0.2) is 34.2 Å². The number of halogens is 3. The lowest BCUT2D eigenvalue weighted by Crippen LogP contribution is -2.34. The molecule has 0 fully saturated rings. The van der Waals surface area contributed by atoms with Gasteiger partial charge in [0.1, 0.15) is 12.4 Å². The monoisotopic (exact) mass is 398 g/mol. The lowest BCUT2D eigenvalue weighted by atomic mass is 9.99. The Labute approximate surface area is 162 Å². The summed E-state index contributed by atoms with van der Waals surface area (Å²) in [6.45, 7) is 0.692. The Balaban J connectivity index is 1.89. The summed E-state index contributed by atoms with van der Waals surface area (Å²) in [6, 6.07) is 10.9. The molecule has 0 heterocycles. The van der Waals surface area contributed by atoms with Crippen molar-refractivity contribution in [3.8, 4) is 5.75 Å². The molecule has 2 aromatic rings. The van der Waals surface area contributed by atoms with Crippen LogP contribution in [0.2, 0.25) is 0 Å². The molecule has 1 unspecified atom stereocenters. The number of aryl methyl sites for hydroxylation is 3. The molecule has 0 aliphatic heterocycles. The lowest BCUT2D eigenvalue weighted by Gasteiger charge is -2.16. The van der Waals surface area contributed by atoms with E-state index < -0.39 is 18.9 Å². The van der Waals surface area contributed by atoms with Crippen LogP contribution in [0.4, 0.5) is 13.2 Å². The first-order valence-corrected chi connectivity index (χ1v) is 9.04. The van der Waals surface area contributed by atoms with Crippen molar-refractivity contribution < 1.29 is 33.2 Å². The summed E-state index contributed by atoms with van der Waals surface area (Å²) in [6.07, 6.45) is -4.77. The van der Waals surface area contributed by atoms with Crippen LogP contribution in [0.3, 0.4) is 0 Å². The fourth-order valence-electron chi connectivity index (χ4n) is 2.93.